The molecule has 0 aromatic carbocycles. The second kappa shape index (κ2) is 6.62. The van der Waals surface area contributed by atoms with Crippen LogP contribution in [0, 0.1) is 5.92 Å². The van der Waals surface area contributed by atoms with E-state index in [4.69, 9.17) is 0 Å². The Kier molecular flexibility index (Phi) is 6.57. The Labute approximate surface area is 70.0 Å². The lowest BCUT2D eigenvalue weighted by Crippen LogP contribution is -2.29. The highest BCUT2D eigenvalue weighted by Crippen LogP contribution is 2.10. The summed E-state index contributed by atoms with van der Waals surface area (Å²) < 4.78 is 0. The van der Waals surface area contributed by atoms with Crippen molar-refractivity contribution in [3.05, 3.63) is 0 Å². The smallest absolute Gasteiger partial charge is 0.105 e. The Morgan fingerprint density at radius 1 is 1.36 bits per heavy atom. The van der Waals surface area contributed by atoms with E-state index in [2.05, 4.69) is 19.2 Å². The quantitative estimate of drug-likeness (QED) is 0.579. The minimum Gasteiger partial charge on any atom is -0.379 e. The van der Waals surface area contributed by atoms with Crippen molar-refractivity contribution in [1.82, 2.24) is 5.32 Å². The molecule has 0 radical (unpaired) electrons. The van der Waals surface area contributed by atoms with Gasteiger partial charge in [-0.1, -0.05) is 33.6 Å². The number of hydrogen-bond donors (Lipinski definition) is 2. The zero-order valence-electron chi connectivity index (χ0n) is 7.93. The van der Waals surface area contributed by atoms with Crippen LogP contribution in [-0.2, 0) is 0 Å². The first-order chi connectivity index (χ1) is 5.20. The molecule has 0 aromatic rings. The Hall–Kier alpha value is -0.0800. The number of aliphatic hydroxyl groups excluding tert-OH is 1. The van der Waals surface area contributed by atoms with Gasteiger partial charge in [0.2, 0.25) is 0 Å². The van der Waals surface area contributed by atoms with Crippen molar-refractivity contribution in [2.75, 3.05) is 6.54 Å². The van der Waals surface area contributed by atoms with E-state index in [0.717, 1.165) is 13.0 Å². The highest BCUT2D eigenvalue weighted by molar-refractivity contribution is 4.58. The van der Waals surface area contributed by atoms with Crippen LogP contribution < -0.4 is 5.32 Å². The summed E-state index contributed by atoms with van der Waals surface area (Å²) in [6, 6.07) is 0. The van der Waals surface area contributed by atoms with Gasteiger partial charge in [-0.05, 0) is 18.9 Å². The molecule has 0 aliphatic rings. The Morgan fingerprint density at radius 3 is 2.45 bits per heavy atom. The van der Waals surface area contributed by atoms with Crippen molar-refractivity contribution < 1.29 is 5.11 Å². The van der Waals surface area contributed by atoms with Gasteiger partial charge < -0.3 is 5.11 Å². The summed E-state index contributed by atoms with van der Waals surface area (Å²) in [4.78, 5) is 0. The van der Waals surface area contributed by atoms with Gasteiger partial charge in [0.25, 0.3) is 0 Å². The number of hydrogen-bond acceptors (Lipinski definition) is 2. The molecule has 2 unspecified atom stereocenters. The molecule has 2 atom stereocenters. The molecule has 0 heterocycles. The Balaban J connectivity index is 3.32. The predicted octanol–water partition coefficient (Wildman–Crippen LogP) is 1.74. The van der Waals surface area contributed by atoms with Crippen molar-refractivity contribution in [3.63, 3.8) is 0 Å². The van der Waals surface area contributed by atoms with Gasteiger partial charge in [-0.15, -0.1) is 0 Å². The molecule has 0 fully saturated rings. The lowest BCUT2D eigenvalue weighted by Gasteiger charge is -2.15. The fourth-order valence-corrected chi connectivity index (χ4v) is 1.31. The summed E-state index contributed by atoms with van der Waals surface area (Å²) in [5.74, 6) is 0.633. The second-order valence-corrected chi connectivity index (χ2v) is 3.20. The number of nitrogens with one attached hydrogen (secondary N) is 1. The van der Waals surface area contributed by atoms with E-state index in [1.54, 1.807) is 0 Å². The lowest BCUT2D eigenvalue weighted by molar-refractivity contribution is 0.111. The zero-order valence-corrected chi connectivity index (χ0v) is 7.93. The van der Waals surface area contributed by atoms with E-state index in [-0.39, 0.29) is 6.23 Å². The standard InChI is InChI=1S/C9H21NO/c1-4-6-8(3)7-9(11)10-5-2/h8-11H,4-7H2,1-3H3. The second-order valence-electron chi connectivity index (χ2n) is 3.20. The largest absolute Gasteiger partial charge is 0.379 e. The monoisotopic (exact) mass is 159 g/mol. The van der Waals surface area contributed by atoms with Crippen molar-refractivity contribution in [2.24, 2.45) is 5.92 Å². The maximum absolute atomic E-state index is 9.34. The van der Waals surface area contributed by atoms with Gasteiger partial charge in [0.1, 0.15) is 6.23 Å². The summed E-state index contributed by atoms with van der Waals surface area (Å²) in [6.45, 7) is 7.22. The lowest BCUT2D eigenvalue weighted by atomic mass is 10.0. The molecule has 2 heteroatoms. The molecule has 0 spiro atoms. The molecular weight excluding hydrogens is 138 g/mol. The van der Waals surface area contributed by atoms with Crippen LogP contribution in [0.25, 0.3) is 0 Å². The third-order valence-corrected chi connectivity index (χ3v) is 1.85. The van der Waals surface area contributed by atoms with Crippen LogP contribution in [0.3, 0.4) is 0 Å². The molecule has 2 N–H and O–H groups in total. The third kappa shape index (κ3) is 6.32. The van der Waals surface area contributed by atoms with Crippen LogP contribution in [-0.4, -0.2) is 17.9 Å². The van der Waals surface area contributed by atoms with Gasteiger partial charge >= 0.3 is 0 Å². The predicted molar refractivity (Wildman–Crippen MR) is 48.4 cm³/mol. The van der Waals surface area contributed by atoms with Crippen molar-refractivity contribution in [1.29, 1.82) is 0 Å². The Bertz CT molecular complexity index is 75.6. The molecule has 0 amide bonds. The molecule has 0 saturated carbocycles. The summed E-state index contributed by atoms with van der Waals surface area (Å²) in [7, 11) is 0. The highest BCUT2D eigenvalue weighted by Gasteiger charge is 2.07. The highest BCUT2D eigenvalue weighted by atomic mass is 16.3. The van der Waals surface area contributed by atoms with Gasteiger partial charge in [0, 0.05) is 0 Å². The van der Waals surface area contributed by atoms with Gasteiger partial charge in [-0.25, -0.2) is 0 Å². The Morgan fingerprint density at radius 2 is 2.00 bits per heavy atom. The molecule has 0 rings (SSSR count). The first kappa shape index (κ1) is 10.9. The van der Waals surface area contributed by atoms with Crippen LogP contribution in [0.15, 0.2) is 0 Å². The molecule has 0 aliphatic carbocycles. The van der Waals surface area contributed by atoms with Gasteiger partial charge in [-0.2, -0.15) is 0 Å². The number of rotatable bonds is 6. The van der Waals surface area contributed by atoms with Crippen molar-refractivity contribution in [2.45, 2.75) is 46.3 Å². The fourth-order valence-electron chi connectivity index (χ4n) is 1.31. The van der Waals surface area contributed by atoms with E-state index < -0.39 is 0 Å². The van der Waals surface area contributed by atoms with Crippen LogP contribution >= 0.6 is 0 Å². The summed E-state index contributed by atoms with van der Waals surface area (Å²) in [5, 5.41) is 12.3. The van der Waals surface area contributed by atoms with Crippen LogP contribution in [0.2, 0.25) is 0 Å². The average molecular weight is 159 g/mol. The van der Waals surface area contributed by atoms with Crippen molar-refractivity contribution >= 4 is 0 Å². The summed E-state index contributed by atoms with van der Waals surface area (Å²) in [5.41, 5.74) is 0. The van der Waals surface area contributed by atoms with E-state index in [0.29, 0.717) is 5.92 Å². The van der Waals surface area contributed by atoms with Gasteiger partial charge in [0.05, 0.1) is 0 Å². The first-order valence-electron chi connectivity index (χ1n) is 4.62. The van der Waals surface area contributed by atoms with Crippen LogP contribution in [0.4, 0.5) is 0 Å². The molecule has 0 bridgehead atoms. The molecule has 0 aliphatic heterocycles. The average Bonchev–Trinajstić information content (AvgIpc) is 1.87. The SMILES string of the molecule is CCCC(C)CC(O)NCC. The molecule has 68 valence electrons. The van der Waals surface area contributed by atoms with E-state index >= 15 is 0 Å². The van der Waals surface area contributed by atoms with E-state index in [9.17, 15) is 5.11 Å². The van der Waals surface area contributed by atoms with Crippen LogP contribution in [0.1, 0.15) is 40.0 Å². The molecular formula is C9H21NO. The molecule has 0 saturated heterocycles. The molecule has 11 heavy (non-hydrogen) atoms. The van der Waals surface area contributed by atoms with Crippen molar-refractivity contribution in [3.8, 4) is 0 Å². The normalized spacial score (nSPS) is 16.4. The minimum absolute atomic E-state index is 0.304. The number of aliphatic hydroxyl groups is 1. The summed E-state index contributed by atoms with van der Waals surface area (Å²) in [6.07, 6.45) is 2.99. The van der Waals surface area contributed by atoms with Crippen LogP contribution in [0.5, 0.6) is 0 Å². The third-order valence-electron chi connectivity index (χ3n) is 1.85. The van der Waals surface area contributed by atoms with E-state index in [1.807, 2.05) is 6.92 Å². The maximum atomic E-state index is 9.34. The minimum atomic E-state index is -0.304. The fraction of sp³-hybridized carbons (Fsp3) is 1.00. The topological polar surface area (TPSA) is 32.3 Å². The molecule has 2 nitrogen and oxygen atoms in total. The first-order valence-corrected chi connectivity index (χ1v) is 4.62. The maximum Gasteiger partial charge on any atom is 0.105 e. The zero-order chi connectivity index (χ0) is 8.69. The summed E-state index contributed by atoms with van der Waals surface area (Å²) >= 11 is 0. The van der Waals surface area contributed by atoms with Gasteiger partial charge in [-0.3, -0.25) is 5.32 Å². The van der Waals surface area contributed by atoms with Gasteiger partial charge in [0.15, 0.2) is 0 Å². The molecule has 0 aromatic heterocycles. The van der Waals surface area contributed by atoms with E-state index in [1.165, 1.54) is 12.8 Å².